The van der Waals surface area contributed by atoms with Gasteiger partial charge in [0.15, 0.2) is 0 Å². The van der Waals surface area contributed by atoms with Crippen LogP contribution >= 0.6 is 11.8 Å². The van der Waals surface area contributed by atoms with Crippen LogP contribution in [0.4, 0.5) is 17.3 Å². The molecule has 1 unspecified atom stereocenters. The van der Waals surface area contributed by atoms with Crippen molar-refractivity contribution in [1.82, 2.24) is 4.98 Å². The molecule has 0 radical (unpaired) electrons. The van der Waals surface area contributed by atoms with Crippen LogP contribution in [0.25, 0.3) is 0 Å². The van der Waals surface area contributed by atoms with Gasteiger partial charge in [0, 0.05) is 25.4 Å². The molecule has 0 bridgehead atoms. The quantitative estimate of drug-likeness (QED) is 0.613. The molecule has 6 nitrogen and oxygen atoms in total. The summed E-state index contributed by atoms with van der Waals surface area (Å²) < 4.78 is 0. The van der Waals surface area contributed by atoms with E-state index in [4.69, 9.17) is 0 Å². The molecule has 0 aromatic carbocycles. The van der Waals surface area contributed by atoms with E-state index >= 15 is 0 Å². The number of nitrogens with zero attached hydrogens (tertiary/aromatic N) is 3. The molecule has 1 atom stereocenters. The van der Waals surface area contributed by atoms with Crippen molar-refractivity contribution in [3.63, 3.8) is 0 Å². The van der Waals surface area contributed by atoms with Gasteiger partial charge in [0.1, 0.15) is 11.6 Å². The lowest BCUT2D eigenvalue weighted by molar-refractivity contribution is -0.384. The van der Waals surface area contributed by atoms with Crippen molar-refractivity contribution in [2.24, 2.45) is 0 Å². The van der Waals surface area contributed by atoms with Gasteiger partial charge in [-0.3, -0.25) is 10.1 Å². The third-order valence-electron chi connectivity index (χ3n) is 2.80. The first kappa shape index (κ1) is 15.6. The molecular weight excluding hydrogens is 264 g/mol. The minimum Gasteiger partial charge on any atom is -0.370 e. The summed E-state index contributed by atoms with van der Waals surface area (Å²) in [4.78, 5) is 16.9. The normalized spacial score (nSPS) is 12.0. The fourth-order valence-electron chi connectivity index (χ4n) is 1.64. The van der Waals surface area contributed by atoms with Gasteiger partial charge >= 0.3 is 0 Å². The van der Waals surface area contributed by atoms with Crippen molar-refractivity contribution in [1.29, 1.82) is 0 Å². The number of rotatable bonds is 7. The Morgan fingerprint density at radius 2 is 2.26 bits per heavy atom. The minimum absolute atomic E-state index is 0.0594. The SMILES string of the molecule is CCNc1cc([N+](=O)[O-])cc(N(C)C(C)CSC)n1. The van der Waals surface area contributed by atoms with Crippen LogP contribution in [0.15, 0.2) is 12.1 Å². The van der Waals surface area contributed by atoms with Gasteiger partial charge in [0.05, 0.1) is 17.1 Å². The minimum atomic E-state index is -0.390. The Morgan fingerprint density at radius 3 is 2.79 bits per heavy atom. The molecule has 0 amide bonds. The van der Waals surface area contributed by atoms with E-state index < -0.39 is 0 Å². The summed E-state index contributed by atoms with van der Waals surface area (Å²) in [5.74, 6) is 2.10. The first-order valence-corrected chi connectivity index (χ1v) is 7.51. The number of hydrogen-bond acceptors (Lipinski definition) is 6. The van der Waals surface area contributed by atoms with Gasteiger partial charge in [0.25, 0.3) is 5.69 Å². The monoisotopic (exact) mass is 284 g/mol. The Bertz CT molecular complexity index is 442. The van der Waals surface area contributed by atoms with Crippen molar-refractivity contribution in [3.8, 4) is 0 Å². The molecule has 7 heteroatoms. The molecule has 1 heterocycles. The number of nitrogens with one attached hydrogen (secondary N) is 1. The molecule has 1 aromatic heterocycles. The summed E-state index contributed by atoms with van der Waals surface area (Å²) in [6.07, 6.45) is 2.04. The van der Waals surface area contributed by atoms with Crippen molar-refractivity contribution < 1.29 is 4.92 Å². The third-order valence-corrected chi connectivity index (χ3v) is 3.61. The molecule has 0 aliphatic carbocycles. The average Bonchev–Trinajstić information content (AvgIpc) is 2.38. The van der Waals surface area contributed by atoms with Crippen LogP contribution in [0.2, 0.25) is 0 Å². The maximum absolute atomic E-state index is 11.0. The van der Waals surface area contributed by atoms with Gasteiger partial charge in [-0.2, -0.15) is 11.8 Å². The summed E-state index contributed by atoms with van der Waals surface area (Å²) in [6.45, 7) is 4.68. The maximum Gasteiger partial charge on any atom is 0.276 e. The highest BCUT2D eigenvalue weighted by Gasteiger charge is 2.16. The van der Waals surface area contributed by atoms with Crippen LogP contribution in [0, 0.1) is 10.1 Å². The van der Waals surface area contributed by atoms with Crippen molar-refractivity contribution in [2.75, 3.05) is 35.8 Å². The first-order chi connectivity index (χ1) is 8.99. The zero-order chi connectivity index (χ0) is 14.4. The number of pyridine rings is 1. The van der Waals surface area contributed by atoms with Crippen LogP contribution in [-0.4, -0.2) is 41.6 Å². The van der Waals surface area contributed by atoms with Crippen molar-refractivity contribution >= 4 is 29.1 Å². The highest BCUT2D eigenvalue weighted by molar-refractivity contribution is 7.98. The van der Waals surface area contributed by atoms with Crippen LogP contribution < -0.4 is 10.2 Å². The van der Waals surface area contributed by atoms with E-state index in [0.717, 1.165) is 5.75 Å². The lowest BCUT2D eigenvalue weighted by atomic mass is 10.3. The summed E-state index contributed by atoms with van der Waals surface area (Å²) in [7, 11) is 1.91. The summed E-state index contributed by atoms with van der Waals surface area (Å²) in [6, 6.07) is 3.23. The molecule has 1 rings (SSSR count). The highest BCUT2D eigenvalue weighted by Crippen LogP contribution is 2.24. The zero-order valence-electron chi connectivity index (χ0n) is 11.7. The van der Waals surface area contributed by atoms with Gasteiger partial charge in [-0.05, 0) is 20.1 Å². The van der Waals surface area contributed by atoms with Crippen LogP contribution in [0.1, 0.15) is 13.8 Å². The second-order valence-corrected chi connectivity index (χ2v) is 5.18. The predicted octanol–water partition coefficient (Wildman–Crippen LogP) is 2.61. The lowest BCUT2D eigenvalue weighted by Gasteiger charge is -2.25. The van der Waals surface area contributed by atoms with Gasteiger partial charge in [-0.15, -0.1) is 0 Å². The molecule has 0 fully saturated rings. The van der Waals surface area contributed by atoms with E-state index in [9.17, 15) is 10.1 Å². The fourth-order valence-corrected chi connectivity index (χ4v) is 2.34. The van der Waals surface area contributed by atoms with Gasteiger partial charge in [-0.25, -0.2) is 4.98 Å². The van der Waals surface area contributed by atoms with E-state index in [0.29, 0.717) is 18.2 Å². The Hall–Kier alpha value is -1.50. The molecule has 1 N–H and O–H groups in total. The maximum atomic E-state index is 11.0. The molecule has 19 heavy (non-hydrogen) atoms. The molecule has 0 aliphatic rings. The number of hydrogen-bond donors (Lipinski definition) is 1. The summed E-state index contributed by atoms with van der Waals surface area (Å²) in [5.41, 5.74) is 0.0594. The molecule has 1 aromatic rings. The standard InChI is InChI=1S/C12H20N4O2S/c1-5-13-11-6-10(16(17)18)7-12(14-11)15(3)9(2)8-19-4/h6-7,9H,5,8H2,1-4H3,(H,13,14). The third kappa shape index (κ3) is 4.27. The molecular formula is C12H20N4O2S. The molecule has 0 saturated carbocycles. The Labute approximate surface area is 117 Å². The largest absolute Gasteiger partial charge is 0.370 e. The lowest BCUT2D eigenvalue weighted by Crippen LogP contribution is -2.31. The summed E-state index contributed by atoms with van der Waals surface area (Å²) in [5, 5.41) is 14.0. The smallest absolute Gasteiger partial charge is 0.276 e. The van der Waals surface area contributed by atoms with E-state index in [2.05, 4.69) is 17.2 Å². The topological polar surface area (TPSA) is 71.3 Å². The van der Waals surface area contributed by atoms with Crippen molar-refractivity contribution in [3.05, 3.63) is 22.2 Å². The average molecular weight is 284 g/mol. The Morgan fingerprint density at radius 1 is 1.58 bits per heavy atom. The number of anilines is 2. The number of aromatic nitrogens is 1. The molecule has 0 saturated heterocycles. The zero-order valence-corrected chi connectivity index (χ0v) is 12.5. The van der Waals surface area contributed by atoms with E-state index in [-0.39, 0.29) is 16.7 Å². The second kappa shape index (κ2) is 7.18. The van der Waals surface area contributed by atoms with Gasteiger partial charge < -0.3 is 10.2 Å². The predicted molar refractivity (Wildman–Crippen MR) is 81.3 cm³/mol. The summed E-state index contributed by atoms with van der Waals surface area (Å²) >= 11 is 1.74. The second-order valence-electron chi connectivity index (χ2n) is 4.27. The number of thioether (sulfide) groups is 1. The highest BCUT2D eigenvalue weighted by atomic mass is 32.2. The molecule has 106 valence electrons. The Kier molecular flexibility index (Phi) is 5.88. The van der Waals surface area contributed by atoms with Gasteiger partial charge in [-0.1, -0.05) is 0 Å². The fraction of sp³-hybridized carbons (Fsp3) is 0.583. The van der Waals surface area contributed by atoms with Crippen LogP contribution in [0.3, 0.4) is 0 Å². The Balaban J connectivity index is 3.07. The van der Waals surface area contributed by atoms with E-state index in [1.807, 2.05) is 25.1 Å². The number of nitro groups is 1. The first-order valence-electron chi connectivity index (χ1n) is 6.11. The van der Waals surface area contributed by atoms with E-state index in [1.165, 1.54) is 12.1 Å². The van der Waals surface area contributed by atoms with Crippen LogP contribution in [0.5, 0.6) is 0 Å². The van der Waals surface area contributed by atoms with Crippen molar-refractivity contribution in [2.45, 2.75) is 19.9 Å². The van der Waals surface area contributed by atoms with Gasteiger partial charge in [0.2, 0.25) is 0 Å². The van der Waals surface area contributed by atoms with E-state index in [1.54, 1.807) is 11.8 Å². The van der Waals surface area contributed by atoms with Crippen LogP contribution in [-0.2, 0) is 0 Å². The molecule has 0 aliphatic heterocycles. The molecule has 0 spiro atoms.